The average Bonchev–Trinajstić information content (AvgIpc) is 2.56. The number of benzene rings is 1. The van der Waals surface area contributed by atoms with Crippen molar-refractivity contribution < 1.29 is 9.59 Å². The van der Waals surface area contributed by atoms with Crippen LogP contribution in [0.1, 0.15) is 57.2 Å². The predicted molar refractivity (Wildman–Crippen MR) is 92.9 cm³/mol. The summed E-state index contributed by atoms with van der Waals surface area (Å²) in [5.41, 5.74) is 7.59. The summed E-state index contributed by atoms with van der Waals surface area (Å²) in [4.78, 5) is 23.1. The summed E-state index contributed by atoms with van der Waals surface area (Å²) in [6.07, 6.45) is 1.10. The predicted octanol–water partition coefficient (Wildman–Crippen LogP) is 2.09. The van der Waals surface area contributed by atoms with Crippen molar-refractivity contribution in [2.24, 2.45) is 11.7 Å². The first kappa shape index (κ1) is 19.2. The lowest BCUT2D eigenvalue weighted by Gasteiger charge is -2.23. The van der Waals surface area contributed by atoms with E-state index in [0.717, 1.165) is 12.0 Å². The van der Waals surface area contributed by atoms with Crippen molar-refractivity contribution in [1.82, 2.24) is 10.6 Å². The van der Waals surface area contributed by atoms with E-state index in [4.69, 9.17) is 5.73 Å². The Labute approximate surface area is 139 Å². The zero-order valence-corrected chi connectivity index (χ0v) is 14.6. The first-order valence-electron chi connectivity index (χ1n) is 8.25. The smallest absolute Gasteiger partial charge is 0.239 e. The van der Waals surface area contributed by atoms with Gasteiger partial charge < -0.3 is 16.4 Å². The third-order valence-electron chi connectivity index (χ3n) is 4.09. The Morgan fingerprint density at radius 3 is 2.09 bits per heavy atom. The van der Waals surface area contributed by atoms with Crippen molar-refractivity contribution >= 4 is 11.8 Å². The van der Waals surface area contributed by atoms with E-state index in [1.165, 1.54) is 5.56 Å². The number of hydrogen-bond donors (Lipinski definition) is 3. The maximum Gasteiger partial charge on any atom is 0.239 e. The van der Waals surface area contributed by atoms with Crippen LogP contribution in [0.4, 0.5) is 0 Å². The van der Waals surface area contributed by atoms with Gasteiger partial charge in [-0.25, -0.2) is 0 Å². The van der Waals surface area contributed by atoms with Crippen LogP contribution in [0.25, 0.3) is 0 Å². The zero-order chi connectivity index (χ0) is 17.4. The summed E-state index contributed by atoms with van der Waals surface area (Å²) < 4.78 is 0. The summed E-state index contributed by atoms with van der Waals surface area (Å²) in [5.74, 6) is 0.233. The third-order valence-corrected chi connectivity index (χ3v) is 4.09. The molecular weight excluding hydrogens is 290 g/mol. The molecule has 5 heteroatoms. The van der Waals surface area contributed by atoms with Crippen LogP contribution < -0.4 is 16.4 Å². The molecule has 0 saturated carbocycles. The molecule has 2 atom stereocenters. The van der Waals surface area contributed by atoms with Crippen molar-refractivity contribution in [3.63, 3.8) is 0 Å². The molecule has 0 fully saturated rings. The number of rotatable bonds is 8. The fraction of sp³-hybridized carbons (Fsp3) is 0.556. The highest BCUT2D eigenvalue weighted by Crippen LogP contribution is 2.25. The van der Waals surface area contributed by atoms with Crippen molar-refractivity contribution in [2.75, 3.05) is 13.1 Å². The number of carbonyl (C=O) groups is 2. The van der Waals surface area contributed by atoms with Gasteiger partial charge in [-0.05, 0) is 29.4 Å². The molecule has 0 spiro atoms. The van der Waals surface area contributed by atoms with Crippen molar-refractivity contribution in [3.8, 4) is 0 Å². The first-order chi connectivity index (χ1) is 10.9. The van der Waals surface area contributed by atoms with Crippen LogP contribution in [0.15, 0.2) is 24.3 Å². The third kappa shape index (κ3) is 6.02. The molecule has 0 aliphatic rings. The Morgan fingerprint density at radius 2 is 1.61 bits per heavy atom. The molecule has 1 rings (SSSR count). The van der Waals surface area contributed by atoms with Gasteiger partial charge in [-0.2, -0.15) is 0 Å². The van der Waals surface area contributed by atoms with E-state index < -0.39 is 0 Å². The maximum absolute atomic E-state index is 12.0. The molecular formula is C18H29N3O2. The summed E-state index contributed by atoms with van der Waals surface area (Å²) in [6, 6.07) is 8.32. The van der Waals surface area contributed by atoms with Gasteiger partial charge >= 0.3 is 0 Å². The van der Waals surface area contributed by atoms with Gasteiger partial charge in [0.05, 0.1) is 19.1 Å². The van der Waals surface area contributed by atoms with E-state index >= 15 is 0 Å². The topological polar surface area (TPSA) is 84.2 Å². The Kier molecular flexibility index (Phi) is 7.75. The number of amides is 2. The van der Waals surface area contributed by atoms with E-state index in [9.17, 15) is 9.59 Å². The van der Waals surface area contributed by atoms with Gasteiger partial charge in [0.25, 0.3) is 0 Å². The molecule has 0 aromatic heterocycles. The molecule has 1 aromatic rings. The van der Waals surface area contributed by atoms with Gasteiger partial charge in [0.1, 0.15) is 0 Å². The lowest BCUT2D eigenvalue weighted by molar-refractivity contribution is -0.126. The highest BCUT2D eigenvalue weighted by atomic mass is 16.2. The van der Waals surface area contributed by atoms with Crippen LogP contribution in [0.2, 0.25) is 0 Å². The SMILES string of the molecule is CCC(C)c1ccc(C(NC(=O)CNC(=O)CN)C(C)C)cc1. The Hall–Kier alpha value is -1.88. The molecule has 0 saturated heterocycles. The molecule has 23 heavy (non-hydrogen) atoms. The van der Waals surface area contributed by atoms with E-state index in [2.05, 4.69) is 62.6 Å². The molecule has 0 aliphatic heterocycles. The number of nitrogens with one attached hydrogen (secondary N) is 2. The van der Waals surface area contributed by atoms with E-state index in [0.29, 0.717) is 5.92 Å². The fourth-order valence-corrected chi connectivity index (χ4v) is 2.38. The average molecular weight is 319 g/mol. The second-order valence-corrected chi connectivity index (χ2v) is 6.25. The van der Waals surface area contributed by atoms with Crippen molar-refractivity contribution in [2.45, 2.75) is 46.1 Å². The molecule has 5 nitrogen and oxygen atoms in total. The highest BCUT2D eigenvalue weighted by Gasteiger charge is 2.18. The molecule has 2 amide bonds. The quantitative estimate of drug-likeness (QED) is 0.686. The Balaban J connectivity index is 2.74. The Morgan fingerprint density at radius 1 is 1.04 bits per heavy atom. The van der Waals surface area contributed by atoms with Gasteiger partial charge in [-0.3, -0.25) is 9.59 Å². The van der Waals surface area contributed by atoms with Gasteiger partial charge in [-0.15, -0.1) is 0 Å². The van der Waals surface area contributed by atoms with Gasteiger partial charge in [0.15, 0.2) is 0 Å². The summed E-state index contributed by atoms with van der Waals surface area (Å²) in [6.45, 7) is 8.34. The van der Waals surface area contributed by atoms with Crippen molar-refractivity contribution in [3.05, 3.63) is 35.4 Å². The van der Waals surface area contributed by atoms with Crippen LogP contribution in [-0.2, 0) is 9.59 Å². The van der Waals surface area contributed by atoms with E-state index in [1.807, 2.05) is 0 Å². The van der Waals surface area contributed by atoms with Crippen molar-refractivity contribution in [1.29, 1.82) is 0 Å². The number of hydrogen-bond acceptors (Lipinski definition) is 3. The minimum absolute atomic E-state index is 0.0514. The molecule has 0 heterocycles. The molecule has 0 aliphatic carbocycles. The first-order valence-corrected chi connectivity index (χ1v) is 8.25. The largest absolute Gasteiger partial charge is 0.348 e. The van der Waals surface area contributed by atoms with Crippen LogP contribution in [0, 0.1) is 5.92 Å². The summed E-state index contributed by atoms with van der Waals surface area (Å²) >= 11 is 0. The summed E-state index contributed by atoms with van der Waals surface area (Å²) in [7, 11) is 0. The molecule has 2 unspecified atom stereocenters. The lowest BCUT2D eigenvalue weighted by Crippen LogP contribution is -2.41. The molecule has 0 radical (unpaired) electrons. The van der Waals surface area contributed by atoms with Crippen LogP contribution in [-0.4, -0.2) is 24.9 Å². The maximum atomic E-state index is 12.0. The highest BCUT2D eigenvalue weighted by molar-refractivity contribution is 5.85. The normalized spacial score (nSPS) is 13.5. The number of carbonyl (C=O) groups excluding carboxylic acids is 2. The van der Waals surface area contributed by atoms with Crippen LogP contribution in [0.5, 0.6) is 0 Å². The molecule has 1 aromatic carbocycles. The molecule has 0 bridgehead atoms. The second kappa shape index (κ2) is 9.30. The van der Waals surface area contributed by atoms with Crippen LogP contribution in [0.3, 0.4) is 0 Å². The van der Waals surface area contributed by atoms with Crippen LogP contribution >= 0.6 is 0 Å². The van der Waals surface area contributed by atoms with E-state index in [-0.39, 0.29) is 36.9 Å². The summed E-state index contributed by atoms with van der Waals surface area (Å²) in [5, 5.41) is 5.46. The minimum atomic E-state index is -0.334. The van der Waals surface area contributed by atoms with Gasteiger partial charge in [0.2, 0.25) is 11.8 Å². The zero-order valence-electron chi connectivity index (χ0n) is 14.6. The lowest BCUT2D eigenvalue weighted by atomic mass is 9.92. The van der Waals surface area contributed by atoms with Gasteiger partial charge in [-0.1, -0.05) is 52.0 Å². The standard InChI is InChI=1S/C18H29N3O2/c1-5-13(4)14-6-8-15(9-7-14)18(12(2)3)21-17(23)11-20-16(22)10-19/h6-9,12-13,18H,5,10-11,19H2,1-4H3,(H,20,22)(H,21,23). The van der Waals surface area contributed by atoms with E-state index in [1.54, 1.807) is 0 Å². The molecule has 128 valence electrons. The van der Waals surface area contributed by atoms with Gasteiger partial charge in [0, 0.05) is 0 Å². The fourth-order valence-electron chi connectivity index (χ4n) is 2.38. The number of nitrogens with two attached hydrogens (primary N) is 1. The second-order valence-electron chi connectivity index (χ2n) is 6.25. The Bertz CT molecular complexity index is 512. The minimum Gasteiger partial charge on any atom is -0.348 e. The molecule has 4 N–H and O–H groups in total. The monoisotopic (exact) mass is 319 g/mol.